The normalized spacial score (nSPS) is 9.96. The third-order valence-electron chi connectivity index (χ3n) is 3.23. The van der Waals surface area contributed by atoms with Crippen LogP contribution in [0, 0.1) is 10.1 Å². The highest BCUT2D eigenvalue weighted by Crippen LogP contribution is 2.28. The van der Waals surface area contributed by atoms with Gasteiger partial charge in [-0.2, -0.15) is 0 Å². The van der Waals surface area contributed by atoms with Crippen LogP contribution in [-0.4, -0.2) is 30.5 Å². The van der Waals surface area contributed by atoms with Gasteiger partial charge < -0.3 is 14.8 Å². The average Bonchev–Trinajstić information content (AvgIpc) is 2.61. The molecule has 0 aromatic heterocycles. The van der Waals surface area contributed by atoms with Crippen molar-refractivity contribution in [1.82, 2.24) is 0 Å². The zero-order chi connectivity index (χ0) is 18.2. The minimum absolute atomic E-state index is 0.0645. The largest absolute Gasteiger partial charge is 0.494 e. The van der Waals surface area contributed by atoms with E-state index >= 15 is 0 Å². The average molecular weight is 344 g/mol. The van der Waals surface area contributed by atoms with Gasteiger partial charge in [0.15, 0.2) is 6.61 Å². The zero-order valence-corrected chi connectivity index (χ0v) is 13.4. The van der Waals surface area contributed by atoms with Crippen LogP contribution < -0.4 is 10.1 Å². The van der Waals surface area contributed by atoms with Crippen molar-refractivity contribution >= 4 is 23.3 Å². The van der Waals surface area contributed by atoms with Gasteiger partial charge in [-0.15, -0.1) is 0 Å². The highest BCUT2D eigenvalue weighted by atomic mass is 16.6. The molecule has 25 heavy (non-hydrogen) atoms. The second kappa shape index (κ2) is 8.44. The molecule has 2 rings (SSSR count). The van der Waals surface area contributed by atoms with Gasteiger partial charge in [0.2, 0.25) is 0 Å². The molecule has 0 saturated carbocycles. The predicted octanol–water partition coefficient (Wildman–Crippen LogP) is 2.33. The van der Waals surface area contributed by atoms with Gasteiger partial charge in [-0.1, -0.05) is 30.3 Å². The third kappa shape index (κ3) is 5.31. The summed E-state index contributed by atoms with van der Waals surface area (Å²) in [5.41, 5.74) is 0.867. The molecule has 0 heterocycles. The maximum Gasteiger partial charge on any atom is 0.310 e. The first kappa shape index (κ1) is 17.9. The molecular weight excluding hydrogens is 328 g/mol. The van der Waals surface area contributed by atoms with E-state index in [-0.39, 0.29) is 23.5 Å². The van der Waals surface area contributed by atoms with Gasteiger partial charge in [0.25, 0.3) is 11.6 Å². The van der Waals surface area contributed by atoms with E-state index in [1.807, 2.05) is 6.07 Å². The fourth-order valence-electron chi connectivity index (χ4n) is 2.04. The van der Waals surface area contributed by atoms with Gasteiger partial charge in [-0.3, -0.25) is 19.7 Å². The number of nitrogens with zero attached hydrogens (tertiary/aromatic N) is 1. The number of hydrogen-bond acceptors (Lipinski definition) is 6. The summed E-state index contributed by atoms with van der Waals surface area (Å²) >= 11 is 0. The number of carbonyl (C=O) groups is 2. The highest BCUT2D eigenvalue weighted by Gasteiger charge is 2.14. The molecule has 2 aromatic rings. The Hall–Kier alpha value is -3.42. The summed E-state index contributed by atoms with van der Waals surface area (Å²) in [5, 5.41) is 13.2. The molecule has 8 heteroatoms. The summed E-state index contributed by atoms with van der Waals surface area (Å²) in [7, 11) is 1.33. The number of rotatable bonds is 7. The van der Waals surface area contributed by atoms with Crippen molar-refractivity contribution in [2.24, 2.45) is 0 Å². The topological polar surface area (TPSA) is 108 Å². The Morgan fingerprint density at radius 1 is 1.16 bits per heavy atom. The Morgan fingerprint density at radius 3 is 2.52 bits per heavy atom. The van der Waals surface area contributed by atoms with Crippen molar-refractivity contribution in [3.05, 3.63) is 64.2 Å². The Kier molecular flexibility index (Phi) is 6.05. The fourth-order valence-corrected chi connectivity index (χ4v) is 2.04. The second-order valence-electron chi connectivity index (χ2n) is 5.01. The highest BCUT2D eigenvalue weighted by molar-refractivity contribution is 5.94. The van der Waals surface area contributed by atoms with Crippen LogP contribution in [0.4, 0.5) is 11.4 Å². The Bertz CT molecular complexity index is 776. The first-order valence-electron chi connectivity index (χ1n) is 7.31. The lowest BCUT2D eigenvalue weighted by molar-refractivity contribution is -0.384. The van der Waals surface area contributed by atoms with E-state index in [2.05, 4.69) is 5.32 Å². The lowest BCUT2D eigenvalue weighted by Crippen LogP contribution is -2.22. The number of non-ortho nitro benzene ring substituents is 1. The van der Waals surface area contributed by atoms with Gasteiger partial charge >= 0.3 is 5.97 Å². The first-order chi connectivity index (χ1) is 12.0. The molecule has 0 atom stereocenters. The predicted molar refractivity (Wildman–Crippen MR) is 89.4 cm³/mol. The van der Waals surface area contributed by atoms with Crippen molar-refractivity contribution in [3.8, 4) is 5.75 Å². The van der Waals surface area contributed by atoms with Gasteiger partial charge in [0, 0.05) is 6.07 Å². The van der Waals surface area contributed by atoms with Crippen molar-refractivity contribution in [2.45, 2.75) is 6.42 Å². The number of carbonyl (C=O) groups excluding carboxylic acids is 2. The standard InChI is InChI=1S/C17H16N2O6/c1-24-15-10-13(19(22)23)7-8-14(15)18-16(20)11-25-17(21)9-12-5-3-2-4-6-12/h2-8,10H,9,11H2,1H3,(H,18,20). The summed E-state index contributed by atoms with van der Waals surface area (Å²) < 4.78 is 9.93. The molecule has 0 radical (unpaired) electrons. The lowest BCUT2D eigenvalue weighted by atomic mass is 10.2. The molecule has 0 aliphatic heterocycles. The summed E-state index contributed by atoms with van der Waals surface area (Å²) in [4.78, 5) is 33.8. The van der Waals surface area contributed by atoms with Crippen LogP contribution in [0.1, 0.15) is 5.56 Å². The Labute approximate surface area is 143 Å². The quantitative estimate of drug-likeness (QED) is 0.469. The number of benzene rings is 2. The lowest BCUT2D eigenvalue weighted by Gasteiger charge is -2.10. The number of amides is 1. The van der Waals surface area contributed by atoms with E-state index in [1.54, 1.807) is 24.3 Å². The van der Waals surface area contributed by atoms with Crippen LogP contribution in [0.15, 0.2) is 48.5 Å². The number of methoxy groups -OCH3 is 1. The van der Waals surface area contributed by atoms with E-state index in [0.717, 1.165) is 5.56 Å². The van der Waals surface area contributed by atoms with E-state index in [4.69, 9.17) is 9.47 Å². The van der Waals surface area contributed by atoms with Gasteiger partial charge in [-0.05, 0) is 11.6 Å². The number of nitrogens with one attached hydrogen (secondary N) is 1. The molecule has 0 fully saturated rings. The van der Waals surface area contributed by atoms with Crippen LogP contribution >= 0.6 is 0 Å². The van der Waals surface area contributed by atoms with Crippen LogP contribution in [0.2, 0.25) is 0 Å². The number of esters is 1. The third-order valence-corrected chi connectivity index (χ3v) is 3.23. The zero-order valence-electron chi connectivity index (χ0n) is 13.4. The SMILES string of the molecule is COc1cc([N+](=O)[O-])ccc1NC(=O)COC(=O)Cc1ccccc1. The summed E-state index contributed by atoms with van der Waals surface area (Å²) in [6.07, 6.45) is 0.0645. The molecule has 2 aromatic carbocycles. The summed E-state index contributed by atoms with van der Waals surface area (Å²) in [6, 6.07) is 12.8. The number of nitro benzene ring substituents is 1. The second-order valence-corrected chi connectivity index (χ2v) is 5.01. The number of nitro groups is 1. The summed E-state index contributed by atoms with van der Waals surface area (Å²) in [6.45, 7) is -0.466. The van der Waals surface area contributed by atoms with Crippen LogP contribution in [0.5, 0.6) is 5.75 Å². The first-order valence-corrected chi connectivity index (χ1v) is 7.31. The molecule has 0 aliphatic rings. The van der Waals surface area contributed by atoms with Crippen LogP contribution in [0.3, 0.4) is 0 Å². The van der Waals surface area contributed by atoms with Crippen LogP contribution in [0.25, 0.3) is 0 Å². The minimum Gasteiger partial charge on any atom is -0.494 e. The molecule has 8 nitrogen and oxygen atoms in total. The number of anilines is 1. The molecular formula is C17H16N2O6. The molecule has 0 unspecified atom stereocenters. The number of ether oxygens (including phenoxy) is 2. The number of hydrogen-bond donors (Lipinski definition) is 1. The van der Waals surface area contributed by atoms with E-state index < -0.39 is 23.4 Å². The van der Waals surface area contributed by atoms with E-state index in [0.29, 0.717) is 0 Å². The van der Waals surface area contributed by atoms with Gasteiger partial charge in [0.1, 0.15) is 5.75 Å². The molecule has 0 spiro atoms. The molecule has 0 saturated heterocycles. The Morgan fingerprint density at radius 2 is 1.88 bits per heavy atom. The van der Waals surface area contributed by atoms with Crippen molar-refractivity contribution in [2.75, 3.05) is 19.0 Å². The van der Waals surface area contributed by atoms with Gasteiger partial charge in [-0.25, -0.2) is 0 Å². The maximum atomic E-state index is 11.9. The Balaban J connectivity index is 1.89. The summed E-state index contributed by atoms with van der Waals surface area (Å²) in [5.74, 6) is -0.969. The molecule has 130 valence electrons. The molecule has 1 amide bonds. The maximum absolute atomic E-state index is 11.9. The smallest absolute Gasteiger partial charge is 0.310 e. The molecule has 0 bridgehead atoms. The van der Waals surface area contributed by atoms with Crippen molar-refractivity contribution in [1.29, 1.82) is 0 Å². The van der Waals surface area contributed by atoms with Gasteiger partial charge in [0.05, 0.1) is 30.2 Å². The van der Waals surface area contributed by atoms with Crippen LogP contribution in [-0.2, 0) is 20.7 Å². The van der Waals surface area contributed by atoms with E-state index in [1.165, 1.54) is 25.3 Å². The van der Waals surface area contributed by atoms with Crippen molar-refractivity contribution < 1.29 is 24.0 Å². The molecule has 0 aliphatic carbocycles. The monoisotopic (exact) mass is 344 g/mol. The fraction of sp³-hybridized carbons (Fsp3) is 0.176. The minimum atomic E-state index is -0.575. The van der Waals surface area contributed by atoms with E-state index in [9.17, 15) is 19.7 Å². The molecule has 1 N–H and O–H groups in total. The van der Waals surface area contributed by atoms with Crippen molar-refractivity contribution in [3.63, 3.8) is 0 Å².